The maximum Gasteiger partial charge on any atom is 0.265 e. The predicted molar refractivity (Wildman–Crippen MR) is 83.7 cm³/mol. The number of aromatic amines is 1. The minimum Gasteiger partial charge on any atom is -0.454 e. The second-order valence-electron chi connectivity index (χ2n) is 4.54. The molecule has 8 heteroatoms. The SMILES string of the molecule is O=C(Cc1ccc(Sc2cccc(Cl)c2)o1)C(=O)c1ncn[nH]1. The van der Waals surface area contributed by atoms with Gasteiger partial charge in [-0.05, 0) is 30.3 Å². The van der Waals surface area contributed by atoms with Crippen molar-refractivity contribution in [2.75, 3.05) is 0 Å². The van der Waals surface area contributed by atoms with Crippen LogP contribution in [0.4, 0.5) is 0 Å². The third-order valence-corrected chi connectivity index (χ3v) is 4.01. The van der Waals surface area contributed by atoms with Crippen LogP contribution in [0.5, 0.6) is 0 Å². The molecule has 116 valence electrons. The third-order valence-electron chi connectivity index (χ3n) is 2.87. The number of carbonyl (C=O) groups excluding carboxylic acids is 2. The molecule has 0 atom stereocenters. The number of hydrogen-bond donors (Lipinski definition) is 1. The van der Waals surface area contributed by atoms with Crippen molar-refractivity contribution < 1.29 is 14.0 Å². The highest BCUT2D eigenvalue weighted by atomic mass is 35.5. The summed E-state index contributed by atoms with van der Waals surface area (Å²) in [6.45, 7) is 0. The fourth-order valence-electron chi connectivity index (χ4n) is 1.84. The first-order valence-corrected chi connectivity index (χ1v) is 7.76. The number of carbonyl (C=O) groups is 2. The van der Waals surface area contributed by atoms with Gasteiger partial charge in [-0.15, -0.1) is 0 Å². The zero-order chi connectivity index (χ0) is 16.2. The Kier molecular flexibility index (Phi) is 4.59. The van der Waals surface area contributed by atoms with Gasteiger partial charge in [-0.25, -0.2) is 4.98 Å². The Morgan fingerprint density at radius 1 is 1.26 bits per heavy atom. The van der Waals surface area contributed by atoms with Gasteiger partial charge < -0.3 is 4.42 Å². The van der Waals surface area contributed by atoms with E-state index >= 15 is 0 Å². The van der Waals surface area contributed by atoms with Crippen LogP contribution in [0.2, 0.25) is 5.02 Å². The molecular weight excluding hydrogens is 338 g/mol. The normalized spacial score (nSPS) is 10.7. The van der Waals surface area contributed by atoms with Crippen molar-refractivity contribution in [1.82, 2.24) is 15.2 Å². The fraction of sp³-hybridized carbons (Fsp3) is 0.0667. The summed E-state index contributed by atoms with van der Waals surface area (Å²) in [5.74, 6) is -0.999. The Morgan fingerprint density at radius 2 is 2.13 bits per heavy atom. The molecule has 0 amide bonds. The summed E-state index contributed by atoms with van der Waals surface area (Å²) in [6, 6.07) is 10.7. The highest BCUT2D eigenvalue weighted by Gasteiger charge is 2.20. The van der Waals surface area contributed by atoms with Gasteiger partial charge in [0.15, 0.2) is 10.9 Å². The van der Waals surface area contributed by atoms with Gasteiger partial charge >= 0.3 is 0 Å². The number of nitrogens with zero attached hydrogens (tertiary/aromatic N) is 2. The number of aromatic nitrogens is 3. The maximum absolute atomic E-state index is 11.9. The van der Waals surface area contributed by atoms with Crippen LogP contribution in [0.1, 0.15) is 16.4 Å². The van der Waals surface area contributed by atoms with Crippen LogP contribution < -0.4 is 0 Å². The molecule has 0 fully saturated rings. The first kappa shape index (κ1) is 15.5. The molecule has 1 aromatic carbocycles. The van der Waals surface area contributed by atoms with Gasteiger partial charge in [0.25, 0.3) is 5.78 Å². The first-order valence-electron chi connectivity index (χ1n) is 6.57. The Labute approximate surface area is 140 Å². The Morgan fingerprint density at radius 3 is 2.87 bits per heavy atom. The number of halogens is 1. The summed E-state index contributed by atoms with van der Waals surface area (Å²) in [6.07, 6.45) is 1.04. The lowest BCUT2D eigenvalue weighted by Crippen LogP contribution is -2.17. The Balaban J connectivity index is 1.65. The number of benzene rings is 1. The second-order valence-corrected chi connectivity index (χ2v) is 6.06. The number of ketones is 2. The topological polar surface area (TPSA) is 88.8 Å². The molecule has 3 rings (SSSR count). The van der Waals surface area contributed by atoms with E-state index in [1.807, 2.05) is 18.2 Å². The average Bonchev–Trinajstić information content (AvgIpc) is 3.18. The van der Waals surface area contributed by atoms with Crippen LogP contribution >= 0.6 is 23.4 Å². The van der Waals surface area contributed by atoms with Crippen molar-refractivity contribution in [2.24, 2.45) is 0 Å². The highest BCUT2D eigenvalue weighted by molar-refractivity contribution is 7.99. The molecule has 3 aromatic rings. The summed E-state index contributed by atoms with van der Waals surface area (Å²) in [7, 11) is 0. The minimum atomic E-state index is -0.719. The molecule has 0 aliphatic carbocycles. The van der Waals surface area contributed by atoms with Crippen molar-refractivity contribution in [1.29, 1.82) is 0 Å². The van der Waals surface area contributed by atoms with E-state index < -0.39 is 11.6 Å². The summed E-state index contributed by atoms with van der Waals surface area (Å²) in [4.78, 5) is 28.3. The molecule has 0 unspecified atom stereocenters. The Bertz CT molecular complexity index is 845. The van der Waals surface area contributed by atoms with E-state index in [4.69, 9.17) is 16.0 Å². The third kappa shape index (κ3) is 3.88. The highest BCUT2D eigenvalue weighted by Crippen LogP contribution is 2.30. The number of Topliss-reactive ketones (excluding diaryl/α,β-unsaturated/α-hetero) is 2. The molecule has 2 aromatic heterocycles. The van der Waals surface area contributed by atoms with Crippen molar-refractivity contribution in [3.8, 4) is 0 Å². The van der Waals surface area contributed by atoms with Crippen molar-refractivity contribution in [3.63, 3.8) is 0 Å². The van der Waals surface area contributed by atoms with E-state index in [0.717, 1.165) is 4.90 Å². The zero-order valence-electron chi connectivity index (χ0n) is 11.7. The van der Waals surface area contributed by atoms with Crippen molar-refractivity contribution in [2.45, 2.75) is 16.4 Å². The standard InChI is InChI=1S/C15H10ClN3O3S/c16-9-2-1-3-11(6-9)23-13-5-4-10(22-13)7-12(20)14(21)15-17-8-18-19-15/h1-6,8H,7H2,(H,17,18,19). The van der Waals surface area contributed by atoms with Gasteiger partial charge in [0.1, 0.15) is 12.1 Å². The first-order chi connectivity index (χ1) is 11.1. The fourth-order valence-corrected chi connectivity index (χ4v) is 2.94. The summed E-state index contributed by atoms with van der Waals surface area (Å²) in [5, 5.41) is 7.16. The molecule has 0 bridgehead atoms. The number of furan rings is 1. The van der Waals surface area contributed by atoms with Crippen LogP contribution in [-0.4, -0.2) is 26.7 Å². The van der Waals surface area contributed by atoms with Gasteiger partial charge in [-0.1, -0.05) is 29.4 Å². The molecule has 2 heterocycles. The lowest BCUT2D eigenvalue weighted by Gasteiger charge is -1.99. The van der Waals surface area contributed by atoms with Gasteiger partial charge in [-0.2, -0.15) is 5.10 Å². The number of rotatable bonds is 6. The Hall–Kier alpha value is -2.38. The summed E-state index contributed by atoms with van der Waals surface area (Å²) >= 11 is 7.31. The van der Waals surface area contributed by atoms with E-state index in [2.05, 4.69) is 15.2 Å². The lowest BCUT2D eigenvalue weighted by atomic mass is 10.1. The maximum atomic E-state index is 11.9. The quantitative estimate of drug-likeness (QED) is 0.544. The molecule has 0 saturated carbocycles. The lowest BCUT2D eigenvalue weighted by molar-refractivity contribution is -0.114. The molecule has 1 N–H and O–H groups in total. The minimum absolute atomic E-state index is 0.0740. The molecule has 0 spiro atoms. The molecule has 0 aliphatic heterocycles. The van der Waals surface area contributed by atoms with E-state index in [1.54, 1.807) is 18.2 Å². The van der Waals surface area contributed by atoms with Gasteiger partial charge in [0.2, 0.25) is 5.78 Å². The molecule has 6 nitrogen and oxygen atoms in total. The number of hydrogen-bond acceptors (Lipinski definition) is 6. The largest absolute Gasteiger partial charge is 0.454 e. The van der Waals surface area contributed by atoms with Crippen LogP contribution in [0.15, 0.2) is 57.1 Å². The molecule has 23 heavy (non-hydrogen) atoms. The molecule has 0 aliphatic rings. The number of H-pyrrole nitrogens is 1. The number of nitrogens with one attached hydrogen (secondary N) is 1. The molecule has 0 saturated heterocycles. The van der Waals surface area contributed by atoms with Crippen LogP contribution in [0.25, 0.3) is 0 Å². The van der Waals surface area contributed by atoms with Gasteiger partial charge in [-0.3, -0.25) is 14.7 Å². The van der Waals surface area contributed by atoms with Crippen molar-refractivity contribution >= 4 is 34.9 Å². The van der Waals surface area contributed by atoms with Gasteiger partial charge in [0, 0.05) is 9.92 Å². The smallest absolute Gasteiger partial charge is 0.265 e. The van der Waals surface area contributed by atoms with Crippen LogP contribution in [0.3, 0.4) is 0 Å². The average molecular weight is 348 g/mol. The molecule has 0 radical (unpaired) electrons. The van der Waals surface area contributed by atoms with Crippen LogP contribution in [0, 0.1) is 0 Å². The summed E-state index contributed by atoms with van der Waals surface area (Å²) < 4.78 is 5.57. The molecular formula is C15H10ClN3O3S. The van der Waals surface area contributed by atoms with E-state index in [-0.39, 0.29) is 12.2 Å². The van der Waals surface area contributed by atoms with Gasteiger partial charge in [0.05, 0.1) is 6.42 Å². The second kappa shape index (κ2) is 6.80. The van der Waals surface area contributed by atoms with E-state index in [9.17, 15) is 9.59 Å². The van der Waals surface area contributed by atoms with E-state index in [1.165, 1.54) is 18.1 Å². The van der Waals surface area contributed by atoms with E-state index in [0.29, 0.717) is 15.9 Å². The zero-order valence-corrected chi connectivity index (χ0v) is 13.2. The predicted octanol–water partition coefficient (Wildman–Crippen LogP) is 3.20. The monoisotopic (exact) mass is 347 g/mol. The summed E-state index contributed by atoms with van der Waals surface area (Å²) in [5.41, 5.74) is 0. The van der Waals surface area contributed by atoms with Crippen LogP contribution in [-0.2, 0) is 11.2 Å². The van der Waals surface area contributed by atoms with Crippen molar-refractivity contribution in [3.05, 3.63) is 59.3 Å².